The number of thioether (sulfide) groups is 1. The highest BCUT2D eigenvalue weighted by Crippen LogP contribution is 2.32. The zero-order valence-electron chi connectivity index (χ0n) is 12.1. The number of halogens is 1. The molecule has 0 aliphatic heterocycles. The molecule has 0 aliphatic carbocycles. The molecule has 1 rings (SSSR count). The van der Waals surface area contributed by atoms with Gasteiger partial charge in [0.05, 0.1) is 11.5 Å². The highest BCUT2D eigenvalue weighted by molar-refractivity contribution is 8.13. The molecule has 0 saturated heterocycles. The molecule has 0 aromatic heterocycles. The molecular weight excluding hydrogens is 316 g/mol. The first kappa shape index (κ1) is 17.7. The summed E-state index contributed by atoms with van der Waals surface area (Å²) in [5, 5.41) is 0. The minimum atomic E-state index is -3.70. The SMILES string of the molecule is CCSCCOc1ccc(S(=O)(=O)Cl)cc1C(C)CC. The molecule has 1 aromatic carbocycles. The van der Waals surface area contributed by atoms with Gasteiger partial charge in [0, 0.05) is 16.4 Å². The fraction of sp³-hybridized carbons (Fsp3) is 0.571. The Kier molecular flexibility index (Phi) is 7.20. The van der Waals surface area contributed by atoms with Crippen LogP contribution in [-0.2, 0) is 9.05 Å². The first-order valence-corrected chi connectivity index (χ1v) is 10.2. The van der Waals surface area contributed by atoms with Gasteiger partial charge in [-0.15, -0.1) is 0 Å². The summed E-state index contributed by atoms with van der Waals surface area (Å²) in [5.74, 6) is 2.96. The van der Waals surface area contributed by atoms with Crippen LogP contribution < -0.4 is 4.74 Å². The van der Waals surface area contributed by atoms with Crippen molar-refractivity contribution in [3.05, 3.63) is 23.8 Å². The molecule has 3 nitrogen and oxygen atoms in total. The normalized spacial score (nSPS) is 13.2. The van der Waals surface area contributed by atoms with E-state index in [4.69, 9.17) is 15.4 Å². The van der Waals surface area contributed by atoms with Crippen LogP contribution in [0.4, 0.5) is 0 Å². The van der Waals surface area contributed by atoms with Gasteiger partial charge in [0.1, 0.15) is 5.75 Å². The van der Waals surface area contributed by atoms with Crippen LogP contribution in [-0.4, -0.2) is 26.5 Å². The largest absolute Gasteiger partial charge is 0.492 e. The Bertz CT molecular complexity index is 529. The Morgan fingerprint density at radius 2 is 2.05 bits per heavy atom. The fourth-order valence-corrected chi connectivity index (χ4v) is 3.05. The predicted molar refractivity (Wildman–Crippen MR) is 86.7 cm³/mol. The molecule has 1 unspecified atom stereocenters. The van der Waals surface area contributed by atoms with E-state index in [1.165, 1.54) is 6.07 Å². The standard InChI is InChI=1S/C14H21ClO3S2/c1-4-11(3)13-10-12(20(15,16)17)6-7-14(13)18-8-9-19-5-2/h6-7,10-11H,4-5,8-9H2,1-3H3. The summed E-state index contributed by atoms with van der Waals surface area (Å²) in [5.41, 5.74) is 0.899. The lowest BCUT2D eigenvalue weighted by molar-refractivity contribution is 0.337. The second kappa shape index (κ2) is 8.15. The monoisotopic (exact) mass is 336 g/mol. The lowest BCUT2D eigenvalue weighted by Crippen LogP contribution is -2.05. The van der Waals surface area contributed by atoms with E-state index in [1.54, 1.807) is 12.1 Å². The molecule has 0 amide bonds. The highest BCUT2D eigenvalue weighted by Gasteiger charge is 2.16. The van der Waals surface area contributed by atoms with Gasteiger partial charge in [0.2, 0.25) is 0 Å². The van der Waals surface area contributed by atoms with Gasteiger partial charge in [-0.3, -0.25) is 0 Å². The highest BCUT2D eigenvalue weighted by atomic mass is 35.7. The van der Waals surface area contributed by atoms with Gasteiger partial charge in [-0.25, -0.2) is 8.42 Å². The van der Waals surface area contributed by atoms with Crippen molar-refractivity contribution in [1.29, 1.82) is 0 Å². The summed E-state index contributed by atoms with van der Waals surface area (Å²) in [6.45, 7) is 6.83. The molecule has 0 bridgehead atoms. The Morgan fingerprint density at radius 1 is 1.35 bits per heavy atom. The molecule has 1 atom stereocenters. The van der Waals surface area contributed by atoms with E-state index in [9.17, 15) is 8.42 Å². The maximum Gasteiger partial charge on any atom is 0.261 e. The van der Waals surface area contributed by atoms with E-state index >= 15 is 0 Å². The van der Waals surface area contributed by atoms with Crippen molar-refractivity contribution in [2.24, 2.45) is 0 Å². The van der Waals surface area contributed by atoms with Crippen molar-refractivity contribution < 1.29 is 13.2 Å². The van der Waals surface area contributed by atoms with Crippen molar-refractivity contribution in [2.45, 2.75) is 38.0 Å². The van der Waals surface area contributed by atoms with Crippen LogP contribution in [0.2, 0.25) is 0 Å². The predicted octanol–water partition coefficient (Wildman–Crippen LogP) is 4.26. The number of benzene rings is 1. The molecule has 0 radical (unpaired) electrons. The van der Waals surface area contributed by atoms with Crippen molar-refractivity contribution in [2.75, 3.05) is 18.1 Å². The Balaban J connectivity index is 2.98. The van der Waals surface area contributed by atoms with Crippen LogP contribution >= 0.6 is 22.4 Å². The van der Waals surface area contributed by atoms with Crippen molar-refractivity contribution in [1.82, 2.24) is 0 Å². The van der Waals surface area contributed by atoms with Gasteiger partial charge < -0.3 is 4.74 Å². The molecule has 114 valence electrons. The molecule has 0 N–H and O–H groups in total. The van der Waals surface area contributed by atoms with Crippen molar-refractivity contribution >= 4 is 31.5 Å². The third-order valence-corrected chi connectivity index (χ3v) is 5.31. The lowest BCUT2D eigenvalue weighted by atomic mass is 9.98. The minimum absolute atomic E-state index is 0.129. The maximum atomic E-state index is 11.4. The molecule has 6 heteroatoms. The van der Waals surface area contributed by atoms with Crippen molar-refractivity contribution in [3.8, 4) is 5.75 Å². The zero-order chi connectivity index (χ0) is 15.2. The Labute approximate surface area is 130 Å². The van der Waals surface area contributed by atoms with Crippen LogP contribution in [0.3, 0.4) is 0 Å². The zero-order valence-corrected chi connectivity index (χ0v) is 14.4. The van der Waals surface area contributed by atoms with Crippen LogP contribution in [0.5, 0.6) is 5.75 Å². The second-order valence-corrected chi connectivity index (χ2v) is 8.45. The summed E-state index contributed by atoms with van der Waals surface area (Å²) >= 11 is 1.81. The first-order chi connectivity index (χ1) is 9.40. The Morgan fingerprint density at radius 3 is 2.60 bits per heavy atom. The van der Waals surface area contributed by atoms with E-state index in [-0.39, 0.29) is 10.8 Å². The molecule has 0 fully saturated rings. The van der Waals surface area contributed by atoms with E-state index < -0.39 is 9.05 Å². The van der Waals surface area contributed by atoms with Crippen LogP contribution in [0.15, 0.2) is 23.1 Å². The summed E-state index contributed by atoms with van der Waals surface area (Å²) in [6, 6.07) is 4.82. The third kappa shape index (κ3) is 5.19. The average molecular weight is 337 g/mol. The lowest BCUT2D eigenvalue weighted by Gasteiger charge is -2.16. The van der Waals surface area contributed by atoms with E-state index in [0.717, 1.165) is 29.2 Å². The average Bonchev–Trinajstić information content (AvgIpc) is 2.41. The van der Waals surface area contributed by atoms with Gasteiger partial charge in [0.25, 0.3) is 9.05 Å². The molecular formula is C14H21ClO3S2. The van der Waals surface area contributed by atoms with Gasteiger partial charge in [0.15, 0.2) is 0 Å². The minimum Gasteiger partial charge on any atom is -0.492 e. The summed E-state index contributed by atoms with van der Waals surface area (Å²) in [7, 11) is 1.70. The third-order valence-electron chi connectivity index (χ3n) is 3.10. The van der Waals surface area contributed by atoms with Gasteiger partial charge in [-0.1, -0.05) is 20.8 Å². The second-order valence-electron chi connectivity index (χ2n) is 4.49. The molecule has 0 spiro atoms. The van der Waals surface area contributed by atoms with E-state index in [2.05, 4.69) is 13.8 Å². The summed E-state index contributed by atoms with van der Waals surface area (Å²) < 4.78 is 28.6. The first-order valence-electron chi connectivity index (χ1n) is 6.69. The topological polar surface area (TPSA) is 43.4 Å². The van der Waals surface area contributed by atoms with Crippen LogP contribution in [0, 0.1) is 0 Å². The molecule has 20 heavy (non-hydrogen) atoms. The van der Waals surface area contributed by atoms with Crippen LogP contribution in [0.1, 0.15) is 38.7 Å². The van der Waals surface area contributed by atoms with E-state index in [0.29, 0.717) is 6.61 Å². The fourth-order valence-electron chi connectivity index (χ4n) is 1.77. The van der Waals surface area contributed by atoms with E-state index in [1.807, 2.05) is 18.7 Å². The molecule has 0 aliphatic rings. The maximum absolute atomic E-state index is 11.4. The van der Waals surface area contributed by atoms with Crippen molar-refractivity contribution in [3.63, 3.8) is 0 Å². The number of rotatable bonds is 8. The number of hydrogen-bond acceptors (Lipinski definition) is 4. The van der Waals surface area contributed by atoms with Gasteiger partial charge in [-0.2, -0.15) is 11.8 Å². The van der Waals surface area contributed by atoms with Gasteiger partial charge in [-0.05, 0) is 41.9 Å². The van der Waals surface area contributed by atoms with Gasteiger partial charge >= 0.3 is 0 Å². The Hall–Kier alpha value is -0.390. The quantitative estimate of drug-likeness (QED) is 0.525. The molecule has 1 aromatic rings. The van der Waals surface area contributed by atoms with Crippen LogP contribution in [0.25, 0.3) is 0 Å². The smallest absolute Gasteiger partial charge is 0.261 e. The number of hydrogen-bond donors (Lipinski definition) is 0. The molecule has 0 heterocycles. The summed E-state index contributed by atoms with van der Waals surface area (Å²) in [6.07, 6.45) is 0.909. The number of ether oxygens (including phenoxy) is 1. The summed E-state index contributed by atoms with van der Waals surface area (Å²) in [4.78, 5) is 0.129. The molecule has 0 saturated carbocycles.